The average molecular weight is 389 g/mol. The minimum absolute atomic E-state index is 0.0920. The Morgan fingerprint density at radius 3 is 2.85 bits per heavy atom. The molecule has 1 aliphatic rings. The average Bonchev–Trinajstić information content (AvgIpc) is 2.96. The van der Waals surface area contributed by atoms with Crippen LogP contribution >= 0.6 is 11.9 Å². The van der Waals surface area contributed by atoms with E-state index in [9.17, 15) is 4.79 Å². The van der Waals surface area contributed by atoms with E-state index >= 15 is 0 Å². The maximum Gasteiger partial charge on any atom is 0.268 e. The second-order valence-electron chi connectivity index (χ2n) is 7.11. The van der Waals surface area contributed by atoms with Gasteiger partial charge < -0.3 is 14.6 Å². The van der Waals surface area contributed by atoms with E-state index in [0.717, 1.165) is 40.9 Å². The fourth-order valence-electron chi connectivity index (χ4n) is 3.21. The highest BCUT2D eigenvalue weighted by atomic mass is 32.2. The van der Waals surface area contributed by atoms with Crippen LogP contribution < -0.4 is 10.1 Å². The molecule has 0 atom stereocenters. The van der Waals surface area contributed by atoms with Crippen LogP contribution in [0, 0.1) is 12.8 Å². The van der Waals surface area contributed by atoms with Crippen LogP contribution in [0.3, 0.4) is 0 Å². The van der Waals surface area contributed by atoms with E-state index in [1.807, 2.05) is 17.7 Å². The normalized spacial score (nSPS) is 15.7. The minimum Gasteiger partial charge on any atom is -0.496 e. The SMILES string of the molecule is COc1ccncc1CNC(=O)c1cc(SN2CCC(C)CC2)c(C)n1C. The fourth-order valence-corrected chi connectivity index (χ4v) is 4.31. The van der Waals surface area contributed by atoms with E-state index in [2.05, 4.69) is 28.5 Å². The van der Waals surface area contributed by atoms with Gasteiger partial charge >= 0.3 is 0 Å². The smallest absolute Gasteiger partial charge is 0.268 e. The van der Waals surface area contributed by atoms with Crippen molar-refractivity contribution < 1.29 is 9.53 Å². The molecule has 27 heavy (non-hydrogen) atoms. The molecular formula is C20H28N4O2S. The van der Waals surface area contributed by atoms with Crippen molar-refractivity contribution in [3.05, 3.63) is 41.5 Å². The number of methoxy groups -OCH3 is 1. The van der Waals surface area contributed by atoms with Gasteiger partial charge in [0, 0.05) is 55.2 Å². The summed E-state index contributed by atoms with van der Waals surface area (Å²) in [6.07, 6.45) is 5.86. The molecule has 2 aromatic heterocycles. The molecule has 1 N–H and O–H groups in total. The molecule has 1 amide bonds. The lowest BCUT2D eigenvalue weighted by atomic mass is 10.0. The molecule has 0 aromatic carbocycles. The molecule has 7 heteroatoms. The summed E-state index contributed by atoms with van der Waals surface area (Å²) in [5, 5.41) is 2.98. The Hall–Kier alpha value is -1.99. The molecule has 0 spiro atoms. The van der Waals surface area contributed by atoms with Crippen molar-refractivity contribution >= 4 is 17.9 Å². The zero-order valence-corrected chi connectivity index (χ0v) is 17.3. The fraction of sp³-hybridized carbons (Fsp3) is 0.500. The standard InChI is InChI=1S/C20H28N4O2S/c1-14-6-9-24(10-7-14)27-19-11-17(23(3)15(19)2)20(25)22-13-16-12-21-8-5-18(16)26-4/h5,8,11-12,14H,6-7,9-10,13H2,1-4H3,(H,22,25). The summed E-state index contributed by atoms with van der Waals surface area (Å²) in [5.41, 5.74) is 2.64. The molecule has 2 aromatic rings. The van der Waals surface area contributed by atoms with Crippen molar-refractivity contribution in [2.75, 3.05) is 20.2 Å². The van der Waals surface area contributed by atoms with Crippen LogP contribution in [0.25, 0.3) is 0 Å². The van der Waals surface area contributed by atoms with Gasteiger partial charge in [0.25, 0.3) is 5.91 Å². The second kappa shape index (κ2) is 8.80. The van der Waals surface area contributed by atoms with Gasteiger partial charge in [-0.15, -0.1) is 0 Å². The molecule has 0 aliphatic carbocycles. The van der Waals surface area contributed by atoms with Crippen molar-refractivity contribution in [2.24, 2.45) is 13.0 Å². The van der Waals surface area contributed by atoms with E-state index in [1.165, 1.54) is 12.8 Å². The number of carbonyl (C=O) groups is 1. The number of hydrogen-bond acceptors (Lipinski definition) is 5. The number of rotatable bonds is 6. The molecule has 0 bridgehead atoms. The molecule has 0 unspecified atom stereocenters. The summed E-state index contributed by atoms with van der Waals surface area (Å²) in [5.74, 6) is 1.44. The molecule has 0 radical (unpaired) electrons. The summed E-state index contributed by atoms with van der Waals surface area (Å²) in [6.45, 7) is 6.96. The molecule has 3 heterocycles. The van der Waals surface area contributed by atoms with Crippen molar-refractivity contribution in [3.8, 4) is 5.75 Å². The highest BCUT2D eigenvalue weighted by molar-refractivity contribution is 7.97. The molecular weight excluding hydrogens is 360 g/mol. The molecule has 0 saturated carbocycles. The van der Waals surface area contributed by atoms with Crippen LogP contribution in [0.4, 0.5) is 0 Å². The van der Waals surface area contributed by atoms with Crippen molar-refractivity contribution in [2.45, 2.75) is 38.1 Å². The van der Waals surface area contributed by atoms with Crippen molar-refractivity contribution in [1.82, 2.24) is 19.2 Å². The predicted octanol–water partition coefficient (Wildman–Crippen LogP) is 3.41. The summed E-state index contributed by atoms with van der Waals surface area (Å²) in [7, 11) is 3.56. The van der Waals surface area contributed by atoms with Gasteiger partial charge in [-0.3, -0.25) is 9.78 Å². The topological polar surface area (TPSA) is 59.4 Å². The van der Waals surface area contributed by atoms with E-state index in [-0.39, 0.29) is 5.91 Å². The largest absolute Gasteiger partial charge is 0.496 e. The number of ether oxygens (including phenoxy) is 1. The van der Waals surface area contributed by atoms with Crippen LogP contribution in [0.15, 0.2) is 29.4 Å². The van der Waals surface area contributed by atoms with Crippen LogP contribution in [0.1, 0.15) is 41.5 Å². The zero-order chi connectivity index (χ0) is 19.4. The first-order chi connectivity index (χ1) is 13.0. The van der Waals surface area contributed by atoms with Crippen LogP contribution in [-0.2, 0) is 13.6 Å². The zero-order valence-electron chi connectivity index (χ0n) is 16.5. The Morgan fingerprint density at radius 1 is 1.41 bits per heavy atom. The number of nitrogens with zero attached hydrogens (tertiary/aromatic N) is 3. The van der Waals surface area contributed by atoms with Gasteiger partial charge in [0.2, 0.25) is 0 Å². The highest BCUT2D eigenvalue weighted by Gasteiger charge is 2.21. The number of pyridine rings is 1. The lowest BCUT2D eigenvalue weighted by Crippen LogP contribution is -2.27. The molecule has 146 valence electrons. The number of carbonyl (C=O) groups excluding carboxylic acids is 1. The first-order valence-electron chi connectivity index (χ1n) is 9.34. The molecule has 1 fully saturated rings. The summed E-state index contributed by atoms with van der Waals surface area (Å²) >= 11 is 1.77. The third-order valence-electron chi connectivity index (χ3n) is 5.21. The maximum atomic E-state index is 12.7. The first-order valence-corrected chi connectivity index (χ1v) is 10.1. The van der Waals surface area contributed by atoms with E-state index in [1.54, 1.807) is 37.5 Å². The van der Waals surface area contributed by atoms with Gasteiger partial charge in [-0.05, 0) is 49.8 Å². The molecule has 1 aliphatic heterocycles. The Bertz CT molecular complexity index is 797. The number of amides is 1. The third-order valence-corrected chi connectivity index (χ3v) is 6.44. The van der Waals surface area contributed by atoms with Gasteiger partial charge in [-0.25, -0.2) is 4.31 Å². The second-order valence-corrected chi connectivity index (χ2v) is 8.25. The van der Waals surface area contributed by atoms with Crippen molar-refractivity contribution in [1.29, 1.82) is 0 Å². The Labute approximate surface area is 165 Å². The monoisotopic (exact) mass is 388 g/mol. The van der Waals surface area contributed by atoms with Crippen LogP contribution in [-0.4, -0.2) is 40.0 Å². The van der Waals surface area contributed by atoms with Gasteiger partial charge in [-0.2, -0.15) is 0 Å². The van der Waals surface area contributed by atoms with E-state index in [0.29, 0.717) is 12.2 Å². The first kappa shape index (κ1) is 19.8. The lowest BCUT2D eigenvalue weighted by molar-refractivity contribution is 0.0942. The summed E-state index contributed by atoms with van der Waals surface area (Å²) < 4.78 is 9.69. The van der Waals surface area contributed by atoms with Gasteiger partial charge in [0.1, 0.15) is 11.4 Å². The van der Waals surface area contributed by atoms with Crippen molar-refractivity contribution in [3.63, 3.8) is 0 Å². The van der Waals surface area contributed by atoms with Crippen LogP contribution in [0.2, 0.25) is 0 Å². The van der Waals surface area contributed by atoms with Gasteiger partial charge in [-0.1, -0.05) is 6.92 Å². The van der Waals surface area contributed by atoms with Crippen LogP contribution in [0.5, 0.6) is 5.75 Å². The van der Waals surface area contributed by atoms with Gasteiger partial charge in [0.05, 0.1) is 7.11 Å². The minimum atomic E-state index is -0.0920. The number of nitrogens with one attached hydrogen (secondary N) is 1. The maximum absolute atomic E-state index is 12.7. The van der Waals surface area contributed by atoms with Gasteiger partial charge in [0.15, 0.2) is 0 Å². The quantitative estimate of drug-likeness (QED) is 0.769. The Balaban J connectivity index is 1.66. The number of aromatic nitrogens is 2. The summed E-state index contributed by atoms with van der Waals surface area (Å²) in [4.78, 5) is 18.0. The molecule has 6 nitrogen and oxygen atoms in total. The number of hydrogen-bond donors (Lipinski definition) is 1. The van der Waals surface area contributed by atoms with E-state index < -0.39 is 0 Å². The Kier molecular flexibility index (Phi) is 6.44. The third kappa shape index (κ3) is 4.65. The predicted molar refractivity (Wildman–Crippen MR) is 108 cm³/mol. The highest BCUT2D eigenvalue weighted by Crippen LogP contribution is 2.32. The van der Waals surface area contributed by atoms with E-state index in [4.69, 9.17) is 4.74 Å². The lowest BCUT2D eigenvalue weighted by Gasteiger charge is -2.28. The molecule has 1 saturated heterocycles. The molecule has 3 rings (SSSR count). The number of piperidine rings is 1. The Morgan fingerprint density at radius 2 is 2.15 bits per heavy atom. The summed E-state index contributed by atoms with van der Waals surface area (Å²) in [6, 6.07) is 3.79.